The predicted molar refractivity (Wildman–Crippen MR) is 109 cm³/mol. The molecule has 154 valence electrons. The fourth-order valence-electron chi connectivity index (χ4n) is 3.75. The number of carbonyl (C=O) groups is 2. The lowest BCUT2D eigenvalue weighted by Crippen LogP contribution is -2.44. The molecule has 0 bridgehead atoms. The maximum absolute atomic E-state index is 12.9. The van der Waals surface area contributed by atoms with Crippen molar-refractivity contribution in [1.82, 2.24) is 10.6 Å². The zero-order valence-corrected chi connectivity index (χ0v) is 16.7. The van der Waals surface area contributed by atoms with E-state index in [4.69, 9.17) is 4.74 Å². The van der Waals surface area contributed by atoms with Crippen LogP contribution in [-0.4, -0.2) is 31.0 Å². The number of ether oxygens (including phenoxy) is 1. The normalized spacial score (nSPS) is 18.3. The van der Waals surface area contributed by atoms with Gasteiger partial charge in [0, 0.05) is 24.9 Å². The minimum atomic E-state index is -0.389. The standard InChI is InChI=1S/C23H27FN2O3/c1-29-20-8-4-18(5-9-20)16-23(14-11-22(28)26-23)13-10-21(27)25-15-12-17-2-6-19(24)7-3-17/h2-9H,10-16H2,1H3,(H,25,27)(H,26,28)/t23-/m1/s1. The highest BCUT2D eigenvalue weighted by Crippen LogP contribution is 2.30. The van der Waals surface area contributed by atoms with E-state index in [2.05, 4.69) is 10.6 Å². The molecule has 1 aliphatic rings. The summed E-state index contributed by atoms with van der Waals surface area (Å²) >= 11 is 0. The van der Waals surface area contributed by atoms with Crippen molar-refractivity contribution in [3.63, 3.8) is 0 Å². The van der Waals surface area contributed by atoms with Crippen molar-refractivity contribution in [2.24, 2.45) is 0 Å². The average Bonchev–Trinajstić information content (AvgIpc) is 3.09. The fourth-order valence-corrected chi connectivity index (χ4v) is 3.75. The Kier molecular flexibility index (Phi) is 6.86. The Morgan fingerprint density at radius 3 is 2.45 bits per heavy atom. The predicted octanol–water partition coefficient (Wildman–Crippen LogP) is 3.16. The van der Waals surface area contributed by atoms with E-state index in [1.807, 2.05) is 24.3 Å². The zero-order chi connectivity index (χ0) is 20.7. The number of halogens is 1. The molecule has 0 saturated carbocycles. The largest absolute Gasteiger partial charge is 0.497 e. The summed E-state index contributed by atoms with van der Waals surface area (Å²) in [6.07, 6.45) is 3.49. The molecule has 1 heterocycles. The second-order valence-electron chi connectivity index (χ2n) is 7.58. The van der Waals surface area contributed by atoms with Crippen LogP contribution in [0.3, 0.4) is 0 Å². The van der Waals surface area contributed by atoms with Gasteiger partial charge in [0.15, 0.2) is 0 Å². The second-order valence-corrected chi connectivity index (χ2v) is 7.58. The third-order valence-electron chi connectivity index (χ3n) is 5.42. The van der Waals surface area contributed by atoms with Gasteiger partial charge in [-0.05, 0) is 61.1 Å². The van der Waals surface area contributed by atoms with E-state index in [9.17, 15) is 14.0 Å². The summed E-state index contributed by atoms with van der Waals surface area (Å²) in [6.45, 7) is 0.502. The van der Waals surface area contributed by atoms with Crippen LogP contribution in [0, 0.1) is 5.82 Å². The van der Waals surface area contributed by atoms with Crippen LogP contribution in [0.25, 0.3) is 0 Å². The number of nitrogens with one attached hydrogen (secondary N) is 2. The number of benzene rings is 2. The minimum Gasteiger partial charge on any atom is -0.497 e. The number of rotatable bonds is 9. The molecule has 2 N–H and O–H groups in total. The van der Waals surface area contributed by atoms with Crippen molar-refractivity contribution in [2.45, 2.75) is 44.1 Å². The van der Waals surface area contributed by atoms with E-state index in [1.54, 1.807) is 19.2 Å². The highest BCUT2D eigenvalue weighted by atomic mass is 19.1. The van der Waals surface area contributed by atoms with Gasteiger partial charge >= 0.3 is 0 Å². The molecule has 2 aromatic rings. The van der Waals surface area contributed by atoms with Crippen LogP contribution in [0.1, 0.15) is 36.8 Å². The molecule has 29 heavy (non-hydrogen) atoms. The summed E-state index contributed by atoms with van der Waals surface area (Å²) in [5, 5.41) is 6.02. The van der Waals surface area contributed by atoms with Gasteiger partial charge in [0.2, 0.25) is 11.8 Å². The summed E-state index contributed by atoms with van der Waals surface area (Å²) < 4.78 is 18.1. The van der Waals surface area contributed by atoms with Crippen molar-refractivity contribution in [3.05, 3.63) is 65.5 Å². The van der Waals surface area contributed by atoms with Crippen LogP contribution in [0.2, 0.25) is 0 Å². The molecule has 6 heteroatoms. The number of methoxy groups -OCH3 is 1. The molecule has 2 aromatic carbocycles. The SMILES string of the molecule is COc1ccc(C[C@@]2(CCC(=O)NCCc3ccc(F)cc3)CCC(=O)N2)cc1. The summed E-state index contributed by atoms with van der Waals surface area (Å²) in [6, 6.07) is 14.1. The van der Waals surface area contributed by atoms with Crippen LogP contribution in [0.5, 0.6) is 5.75 Å². The van der Waals surface area contributed by atoms with E-state index in [-0.39, 0.29) is 23.2 Å². The molecule has 1 atom stereocenters. The van der Waals surface area contributed by atoms with Gasteiger partial charge in [-0.25, -0.2) is 4.39 Å². The van der Waals surface area contributed by atoms with Gasteiger partial charge in [-0.15, -0.1) is 0 Å². The third kappa shape index (κ3) is 6.04. The number of amides is 2. The van der Waals surface area contributed by atoms with Crippen molar-refractivity contribution in [2.75, 3.05) is 13.7 Å². The summed E-state index contributed by atoms with van der Waals surface area (Å²) in [5.41, 5.74) is 1.69. The quantitative estimate of drug-likeness (QED) is 0.682. The molecule has 3 rings (SSSR count). The van der Waals surface area contributed by atoms with Gasteiger partial charge in [-0.1, -0.05) is 24.3 Å². The molecule has 1 aliphatic heterocycles. The number of carbonyl (C=O) groups excluding carboxylic acids is 2. The maximum Gasteiger partial charge on any atom is 0.220 e. The van der Waals surface area contributed by atoms with Crippen molar-refractivity contribution in [1.29, 1.82) is 0 Å². The number of hydrogen-bond donors (Lipinski definition) is 2. The fraction of sp³-hybridized carbons (Fsp3) is 0.391. The first kappa shape index (κ1) is 20.8. The molecule has 1 fully saturated rings. The van der Waals surface area contributed by atoms with Gasteiger partial charge in [0.25, 0.3) is 0 Å². The lowest BCUT2D eigenvalue weighted by atomic mass is 9.85. The lowest BCUT2D eigenvalue weighted by molar-refractivity contribution is -0.122. The lowest BCUT2D eigenvalue weighted by Gasteiger charge is -2.29. The zero-order valence-electron chi connectivity index (χ0n) is 16.7. The Bertz CT molecular complexity index is 836. The van der Waals surface area contributed by atoms with Crippen molar-refractivity contribution in [3.8, 4) is 5.75 Å². The summed E-state index contributed by atoms with van der Waals surface area (Å²) in [7, 11) is 1.63. The molecule has 0 radical (unpaired) electrons. The van der Waals surface area contributed by atoms with Crippen LogP contribution in [0.4, 0.5) is 4.39 Å². The highest BCUT2D eigenvalue weighted by molar-refractivity contribution is 5.80. The molecule has 5 nitrogen and oxygen atoms in total. The van der Waals surface area contributed by atoms with Gasteiger partial charge in [-0.3, -0.25) is 9.59 Å². The van der Waals surface area contributed by atoms with Crippen molar-refractivity contribution >= 4 is 11.8 Å². The Morgan fingerprint density at radius 2 is 1.83 bits per heavy atom. The maximum atomic E-state index is 12.9. The first-order valence-corrected chi connectivity index (χ1v) is 9.93. The van der Waals surface area contributed by atoms with E-state index in [0.29, 0.717) is 38.6 Å². The monoisotopic (exact) mass is 398 g/mol. The Balaban J connectivity index is 1.51. The minimum absolute atomic E-state index is 0.0372. The van der Waals surface area contributed by atoms with Crippen LogP contribution >= 0.6 is 0 Å². The van der Waals surface area contributed by atoms with Gasteiger partial charge in [0.05, 0.1) is 7.11 Å². The molecule has 0 unspecified atom stereocenters. The Labute approximate surface area is 170 Å². The van der Waals surface area contributed by atoms with E-state index < -0.39 is 0 Å². The smallest absolute Gasteiger partial charge is 0.220 e. The van der Waals surface area contributed by atoms with Crippen molar-refractivity contribution < 1.29 is 18.7 Å². The summed E-state index contributed by atoms with van der Waals surface area (Å²) in [4.78, 5) is 24.2. The Hall–Kier alpha value is -2.89. The third-order valence-corrected chi connectivity index (χ3v) is 5.42. The van der Waals surface area contributed by atoms with Gasteiger partial charge in [-0.2, -0.15) is 0 Å². The van der Waals surface area contributed by atoms with Crippen LogP contribution < -0.4 is 15.4 Å². The van der Waals surface area contributed by atoms with E-state index in [1.165, 1.54) is 12.1 Å². The van der Waals surface area contributed by atoms with Crippen LogP contribution in [0.15, 0.2) is 48.5 Å². The highest BCUT2D eigenvalue weighted by Gasteiger charge is 2.37. The van der Waals surface area contributed by atoms with E-state index in [0.717, 1.165) is 23.3 Å². The topological polar surface area (TPSA) is 67.4 Å². The molecule has 0 spiro atoms. The van der Waals surface area contributed by atoms with Gasteiger partial charge in [0.1, 0.15) is 11.6 Å². The first-order chi connectivity index (χ1) is 14.0. The molecular weight excluding hydrogens is 371 g/mol. The van der Waals surface area contributed by atoms with Crippen LogP contribution in [-0.2, 0) is 22.4 Å². The molecule has 1 saturated heterocycles. The summed E-state index contributed by atoms with van der Waals surface area (Å²) in [5.74, 6) is 0.523. The first-order valence-electron chi connectivity index (χ1n) is 9.93. The van der Waals surface area contributed by atoms with E-state index >= 15 is 0 Å². The molecule has 2 amide bonds. The molecular formula is C23H27FN2O3. The molecule has 0 aromatic heterocycles. The number of hydrogen-bond acceptors (Lipinski definition) is 3. The average molecular weight is 398 g/mol. The van der Waals surface area contributed by atoms with Gasteiger partial charge < -0.3 is 15.4 Å². The molecule has 0 aliphatic carbocycles. The Morgan fingerprint density at radius 1 is 1.14 bits per heavy atom. The second kappa shape index (κ2) is 9.54.